The molecule has 3 aromatic rings. The minimum absolute atomic E-state index is 0.0919. The quantitative estimate of drug-likeness (QED) is 0.286. The Hall–Kier alpha value is -3.68. The van der Waals surface area contributed by atoms with Gasteiger partial charge in [-0.15, -0.1) is 5.11 Å². The molecule has 0 aliphatic carbocycles. The Morgan fingerprint density at radius 3 is 2.17 bits per heavy atom. The number of hydrogen-bond acceptors (Lipinski definition) is 7. The van der Waals surface area contributed by atoms with Crippen molar-refractivity contribution in [3.63, 3.8) is 0 Å². The van der Waals surface area contributed by atoms with E-state index in [1.165, 1.54) is 24.3 Å². The van der Waals surface area contributed by atoms with Gasteiger partial charge in [-0.3, -0.25) is 10.1 Å². The summed E-state index contributed by atoms with van der Waals surface area (Å²) in [6.45, 7) is 0. The maximum Gasteiger partial charge on any atom is 0.273 e. The van der Waals surface area contributed by atoms with E-state index in [0.717, 1.165) is 6.07 Å². The zero-order valence-corrected chi connectivity index (χ0v) is 12.1. The van der Waals surface area contributed by atoms with Crippen LogP contribution in [0.4, 0.5) is 17.1 Å². The minimum atomic E-state index is -0.619. The number of azo groups is 1. The summed E-state index contributed by atoms with van der Waals surface area (Å²) in [6.07, 6.45) is 0. The van der Waals surface area contributed by atoms with Crippen LogP contribution in [0.15, 0.2) is 58.8 Å². The average molecular weight is 325 g/mol. The molecule has 0 atom stereocenters. The molecule has 0 saturated heterocycles. The van der Waals surface area contributed by atoms with Crippen LogP contribution >= 0.6 is 0 Å². The second kappa shape index (κ2) is 5.84. The van der Waals surface area contributed by atoms with Crippen LogP contribution in [0.5, 0.6) is 17.2 Å². The lowest BCUT2D eigenvalue weighted by Crippen LogP contribution is -1.86. The smallest absolute Gasteiger partial charge is 0.273 e. The van der Waals surface area contributed by atoms with Gasteiger partial charge >= 0.3 is 0 Å². The molecule has 0 aliphatic rings. The molecule has 3 N–H and O–H groups in total. The van der Waals surface area contributed by atoms with Gasteiger partial charge < -0.3 is 15.3 Å². The summed E-state index contributed by atoms with van der Waals surface area (Å²) in [5.41, 5.74) is 0.298. The van der Waals surface area contributed by atoms with Gasteiger partial charge in [0.25, 0.3) is 5.69 Å². The molecule has 0 aromatic heterocycles. The number of nitro benzene ring substituents is 1. The van der Waals surface area contributed by atoms with E-state index in [-0.39, 0.29) is 28.6 Å². The second-order valence-corrected chi connectivity index (χ2v) is 5.00. The summed E-state index contributed by atoms with van der Waals surface area (Å²) in [4.78, 5) is 10.0. The fraction of sp³-hybridized carbons (Fsp3) is 0. The Bertz CT molecular complexity index is 985. The van der Waals surface area contributed by atoms with Crippen LogP contribution in [0.3, 0.4) is 0 Å². The molecule has 0 spiro atoms. The minimum Gasteiger partial charge on any atom is -0.505 e. The standard InChI is InChI=1S/C16H11N3O5/c20-14-8-12(19(23)24)3-4-13(14)18-17-11-2-1-9-6-15(21)16(22)7-10(9)5-11/h1-8,20-22H. The van der Waals surface area contributed by atoms with Gasteiger partial charge in [-0.1, -0.05) is 6.07 Å². The second-order valence-electron chi connectivity index (χ2n) is 5.00. The summed E-state index contributed by atoms with van der Waals surface area (Å²) in [5.74, 6) is -0.811. The molecule has 24 heavy (non-hydrogen) atoms. The average Bonchev–Trinajstić information content (AvgIpc) is 2.54. The lowest BCUT2D eigenvalue weighted by molar-refractivity contribution is -0.384. The Morgan fingerprint density at radius 2 is 1.50 bits per heavy atom. The number of phenolic OH excluding ortho intramolecular Hbond substituents is 3. The van der Waals surface area contributed by atoms with E-state index in [1.54, 1.807) is 18.2 Å². The largest absolute Gasteiger partial charge is 0.505 e. The van der Waals surface area contributed by atoms with Gasteiger partial charge in [-0.05, 0) is 41.1 Å². The van der Waals surface area contributed by atoms with E-state index >= 15 is 0 Å². The number of non-ortho nitro benzene ring substituents is 1. The first-order valence-electron chi connectivity index (χ1n) is 6.79. The van der Waals surface area contributed by atoms with Crippen molar-refractivity contribution in [2.45, 2.75) is 0 Å². The summed E-state index contributed by atoms with van der Waals surface area (Å²) < 4.78 is 0. The fourth-order valence-electron chi connectivity index (χ4n) is 2.14. The molecule has 0 bridgehead atoms. The first-order valence-corrected chi connectivity index (χ1v) is 6.79. The molecule has 120 valence electrons. The van der Waals surface area contributed by atoms with E-state index in [0.29, 0.717) is 16.5 Å². The predicted octanol–water partition coefficient (Wildman–Crippen LogP) is 4.28. The van der Waals surface area contributed by atoms with Crippen LogP contribution in [0.2, 0.25) is 0 Å². The van der Waals surface area contributed by atoms with Crippen molar-refractivity contribution < 1.29 is 20.2 Å². The third-order valence-electron chi connectivity index (χ3n) is 3.36. The lowest BCUT2D eigenvalue weighted by Gasteiger charge is -2.02. The van der Waals surface area contributed by atoms with Crippen LogP contribution in [0.25, 0.3) is 10.8 Å². The number of nitro groups is 1. The monoisotopic (exact) mass is 325 g/mol. The molecule has 0 radical (unpaired) electrons. The highest BCUT2D eigenvalue weighted by Gasteiger charge is 2.09. The van der Waals surface area contributed by atoms with Crippen molar-refractivity contribution in [3.8, 4) is 17.2 Å². The highest BCUT2D eigenvalue weighted by atomic mass is 16.6. The summed E-state index contributed by atoms with van der Waals surface area (Å²) in [6, 6.07) is 11.3. The summed E-state index contributed by atoms with van der Waals surface area (Å²) in [5, 5.41) is 48.5. The molecule has 0 saturated carbocycles. The SMILES string of the molecule is O=[N+]([O-])c1ccc(N=Nc2ccc3cc(O)c(O)cc3c2)c(O)c1. The van der Waals surface area contributed by atoms with Crippen molar-refractivity contribution >= 4 is 27.8 Å². The number of benzene rings is 3. The van der Waals surface area contributed by atoms with Crippen molar-refractivity contribution in [3.05, 3.63) is 58.6 Å². The van der Waals surface area contributed by atoms with Crippen LogP contribution in [0.1, 0.15) is 0 Å². The predicted molar refractivity (Wildman–Crippen MR) is 86.2 cm³/mol. The molecule has 0 aliphatic heterocycles. The fourth-order valence-corrected chi connectivity index (χ4v) is 2.14. The van der Waals surface area contributed by atoms with Gasteiger partial charge in [0.05, 0.1) is 16.7 Å². The maximum absolute atomic E-state index is 10.6. The van der Waals surface area contributed by atoms with E-state index in [9.17, 15) is 25.4 Å². The van der Waals surface area contributed by atoms with Crippen molar-refractivity contribution in [2.24, 2.45) is 10.2 Å². The van der Waals surface area contributed by atoms with Gasteiger partial charge in [-0.25, -0.2) is 0 Å². The molecule has 0 unspecified atom stereocenters. The third-order valence-corrected chi connectivity index (χ3v) is 3.36. The number of phenols is 3. The van der Waals surface area contributed by atoms with Gasteiger partial charge in [0.15, 0.2) is 11.5 Å². The number of nitrogens with zero attached hydrogens (tertiary/aromatic N) is 3. The van der Waals surface area contributed by atoms with Crippen LogP contribution in [0, 0.1) is 10.1 Å². The highest BCUT2D eigenvalue weighted by molar-refractivity contribution is 5.88. The van der Waals surface area contributed by atoms with E-state index in [4.69, 9.17) is 0 Å². The van der Waals surface area contributed by atoms with Gasteiger partial charge in [0.1, 0.15) is 11.4 Å². The number of hydrogen-bond donors (Lipinski definition) is 3. The molecule has 8 nitrogen and oxygen atoms in total. The Balaban J connectivity index is 1.93. The number of rotatable bonds is 3. The molecule has 0 amide bonds. The van der Waals surface area contributed by atoms with Crippen molar-refractivity contribution in [1.82, 2.24) is 0 Å². The number of aromatic hydroxyl groups is 3. The third kappa shape index (κ3) is 2.93. The van der Waals surface area contributed by atoms with E-state index in [1.807, 2.05) is 0 Å². The Labute approximate surface area is 135 Å². The van der Waals surface area contributed by atoms with Crippen molar-refractivity contribution in [2.75, 3.05) is 0 Å². The molecule has 3 rings (SSSR count). The Kier molecular flexibility index (Phi) is 3.70. The first kappa shape index (κ1) is 15.2. The molecule has 0 heterocycles. The molecular formula is C16H11N3O5. The van der Waals surface area contributed by atoms with Crippen LogP contribution in [-0.4, -0.2) is 20.2 Å². The topological polar surface area (TPSA) is 129 Å². The maximum atomic E-state index is 10.6. The Morgan fingerprint density at radius 1 is 0.792 bits per heavy atom. The summed E-state index contributed by atoms with van der Waals surface area (Å²) in [7, 11) is 0. The van der Waals surface area contributed by atoms with Gasteiger partial charge in [0, 0.05) is 6.07 Å². The lowest BCUT2D eigenvalue weighted by atomic mass is 10.1. The van der Waals surface area contributed by atoms with Crippen LogP contribution < -0.4 is 0 Å². The normalized spacial score (nSPS) is 11.2. The zero-order chi connectivity index (χ0) is 17.3. The van der Waals surface area contributed by atoms with Crippen molar-refractivity contribution in [1.29, 1.82) is 0 Å². The van der Waals surface area contributed by atoms with Gasteiger partial charge in [0.2, 0.25) is 0 Å². The number of fused-ring (bicyclic) bond motifs is 1. The van der Waals surface area contributed by atoms with E-state index in [2.05, 4.69) is 10.2 Å². The van der Waals surface area contributed by atoms with E-state index < -0.39 is 4.92 Å². The molecule has 3 aromatic carbocycles. The van der Waals surface area contributed by atoms with Gasteiger partial charge in [-0.2, -0.15) is 5.11 Å². The van der Waals surface area contributed by atoms with Crippen LogP contribution in [-0.2, 0) is 0 Å². The molecular weight excluding hydrogens is 314 g/mol. The first-order chi connectivity index (χ1) is 11.4. The highest BCUT2D eigenvalue weighted by Crippen LogP contribution is 2.34. The molecule has 0 fully saturated rings. The zero-order valence-electron chi connectivity index (χ0n) is 12.1. The molecule has 8 heteroatoms. The summed E-state index contributed by atoms with van der Waals surface area (Å²) >= 11 is 0.